The lowest BCUT2D eigenvalue weighted by molar-refractivity contribution is 0.0426. The van der Waals surface area contributed by atoms with Crippen LogP contribution in [0, 0.1) is 6.92 Å². The molecule has 4 aromatic rings. The molecular formula is C21H17N5O4. The van der Waals surface area contributed by atoms with Crippen molar-refractivity contribution in [2.24, 2.45) is 0 Å². The van der Waals surface area contributed by atoms with Crippen LogP contribution in [-0.2, 0) is 11.3 Å². The first kappa shape index (κ1) is 19.1. The number of nitrogens with two attached hydrogens (primary N) is 1. The highest BCUT2D eigenvalue weighted by Crippen LogP contribution is 2.16. The maximum absolute atomic E-state index is 12.3. The molecule has 4 rings (SSSR count). The molecule has 0 aliphatic carbocycles. The molecule has 2 aromatic carbocycles. The van der Waals surface area contributed by atoms with Crippen molar-refractivity contribution in [1.29, 1.82) is 0 Å². The SMILES string of the molecule is Cc1ccc(Nc2nc(N)nc(COC(=O)c3cc(=O)c4ccccc4o3)n2)cc1. The third-order valence-electron chi connectivity index (χ3n) is 4.17. The summed E-state index contributed by atoms with van der Waals surface area (Å²) < 4.78 is 10.7. The predicted molar refractivity (Wildman–Crippen MR) is 110 cm³/mol. The molecule has 2 heterocycles. The topological polar surface area (TPSA) is 133 Å². The Morgan fingerprint density at radius 1 is 1.10 bits per heavy atom. The highest BCUT2D eigenvalue weighted by Gasteiger charge is 2.15. The Hall–Kier alpha value is -4.27. The fraction of sp³-hybridized carbons (Fsp3) is 0.0952. The number of anilines is 3. The summed E-state index contributed by atoms with van der Waals surface area (Å²) in [6.45, 7) is 1.71. The van der Waals surface area contributed by atoms with E-state index < -0.39 is 5.97 Å². The molecule has 2 aromatic heterocycles. The highest BCUT2D eigenvalue weighted by atomic mass is 16.5. The van der Waals surface area contributed by atoms with E-state index in [0.717, 1.165) is 17.3 Å². The van der Waals surface area contributed by atoms with E-state index in [1.807, 2.05) is 31.2 Å². The quantitative estimate of drug-likeness (QED) is 0.482. The zero-order valence-electron chi connectivity index (χ0n) is 16.0. The van der Waals surface area contributed by atoms with Crippen LogP contribution in [-0.4, -0.2) is 20.9 Å². The number of benzene rings is 2. The Morgan fingerprint density at radius 3 is 2.67 bits per heavy atom. The lowest BCUT2D eigenvalue weighted by Gasteiger charge is -2.08. The number of hydrogen-bond acceptors (Lipinski definition) is 9. The number of nitrogens with zero attached hydrogens (tertiary/aromatic N) is 3. The second kappa shape index (κ2) is 8.00. The number of hydrogen-bond donors (Lipinski definition) is 2. The number of rotatable bonds is 5. The summed E-state index contributed by atoms with van der Waals surface area (Å²) in [6.07, 6.45) is 0. The van der Waals surface area contributed by atoms with Gasteiger partial charge in [0.15, 0.2) is 17.9 Å². The van der Waals surface area contributed by atoms with Crippen LogP contribution in [0.2, 0.25) is 0 Å². The average Bonchev–Trinajstić information content (AvgIpc) is 2.73. The van der Waals surface area contributed by atoms with E-state index in [0.29, 0.717) is 11.0 Å². The van der Waals surface area contributed by atoms with Crippen LogP contribution in [0.15, 0.2) is 63.8 Å². The standard InChI is InChI=1S/C21H17N5O4/c1-12-6-8-13(9-7-12)23-21-25-18(24-20(22)26-21)11-29-19(28)17-10-15(27)14-4-2-3-5-16(14)30-17/h2-10H,11H2,1H3,(H3,22,23,24,25,26). The molecule has 0 saturated heterocycles. The summed E-state index contributed by atoms with van der Waals surface area (Å²) in [5.41, 5.74) is 7.58. The Bertz CT molecular complexity index is 1280. The van der Waals surface area contributed by atoms with Gasteiger partial charge in [-0.1, -0.05) is 29.8 Å². The number of carbonyl (C=O) groups is 1. The van der Waals surface area contributed by atoms with Crippen LogP contribution in [0.25, 0.3) is 11.0 Å². The van der Waals surface area contributed by atoms with Gasteiger partial charge in [-0.15, -0.1) is 0 Å². The van der Waals surface area contributed by atoms with E-state index in [9.17, 15) is 9.59 Å². The Kier molecular flexibility index (Phi) is 5.08. The first-order valence-corrected chi connectivity index (χ1v) is 9.02. The number of aryl methyl sites for hydroxylation is 1. The number of fused-ring (bicyclic) bond motifs is 1. The van der Waals surface area contributed by atoms with Gasteiger partial charge in [-0.25, -0.2) is 4.79 Å². The Labute approximate surface area is 170 Å². The fourth-order valence-corrected chi connectivity index (χ4v) is 2.73. The van der Waals surface area contributed by atoms with E-state index in [2.05, 4.69) is 20.3 Å². The van der Waals surface area contributed by atoms with Crippen molar-refractivity contribution in [2.45, 2.75) is 13.5 Å². The maximum Gasteiger partial charge on any atom is 0.374 e. The molecule has 0 saturated carbocycles. The fourth-order valence-electron chi connectivity index (χ4n) is 2.73. The smallest absolute Gasteiger partial charge is 0.374 e. The summed E-state index contributed by atoms with van der Waals surface area (Å²) in [6, 6.07) is 15.3. The van der Waals surface area contributed by atoms with Crippen LogP contribution < -0.4 is 16.5 Å². The second-order valence-corrected chi connectivity index (χ2v) is 6.47. The van der Waals surface area contributed by atoms with Crippen molar-refractivity contribution in [1.82, 2.24) is 15.0 Å². The molecule has 3 N–H and O–H groups in total. The van der Waals surface area contributed by atoms with Crippen molar-refractivity contribution >= 4 is 34.5 Å². The third-order valence-corrected chi connectivity index (χ3v) is 4.17. The minimum absolute atomic E-state index is 0.0251. The summed E-state index contributed by atoms with van der Waals surface area (Å²) in [5.74, 6) is -0.685. The molecule has 150 valence electrons. The minimum atomic E-state index is -0.815. The first-order valence-electron chi connectivity index (χ1n) is 9.02. The van der Waals surface area contributed by atoms with Crippen LogP contribution in [0.1, 0.15) is 21.9 Å². The van der Waals surface area contributed by atoms with Gasteiger partial charge < -0.3 is 20.2 Å². The molecule has 0 radical (unpaired) electrons. The van der Waals surface area contributed by atoms with E-state index >= 15 is 0 Å². The maximum atomic E-state index is 12.3. The molecule has 0 aliphatic heterocycles. The summed E-state index contributed by atoms with van der Waals surface area (Å²) in [5, 5.41) is 3.40. The Morgan fingerprint density at radius 2 is 1.87 bits per heavy atom. The van der Waals surface area contributed by atoms with E-state index in [4.69, 9.17) is 14.9 Å². The largest absolute Gasteiger partial charge is 0.452 e. The summed E-state index contributed by atoms with van der Waals surface area (Å²) in [4.78, 5) is 36.7. The number of esters is 1. The van der Waals surface area contributed by atoms with E-state index in [-0.39, 0.29) is 35.5 Å². The molecule has 9 heteroatoms. The Balaban J connectivity index is 1.49. The molecule has 0 spiro atoms. The molecular weight excluding hydrogens is 386 g/mol. The van der Waals surface area contributed by atoms with Crippen molar-refractivity contribution in [3.8, 4) is 0 Å². The molecule has 0 bridgehead atoms. The van der Waals surface area contributed by atoms with E-state index in [1.54, 1.807) is 24.3 Å². The summed E-state index contributed by atoms with van der Waals surface area (Å²) >= 11 is 0. The van der Waals surface area contributed by atoms with Gasteiger partial charge >= 0.3 is 5.97 Å². The zero-order chi connectivity index (χ0) is 21.1. The van der Waals surface area contributed by atoms with Gasteiger partial charge in [0.25, 0.3) is 0 Å². The number of carbonyl (C=O) groups excluding carboxylic acids is 1. The molecule has 0 unspecified atom stereocenters. The molecule has 0 fully saturated rings. The van der Waals surface area contributed by atoms with Gasteiger partial charge in [0, 0.05) is 11.8 Å². The lowest BCUT2D eigenvalue weighted by atomic mass is 10.2. The average molecular weight is 403 g/mol. The lowest BCUT2D eigenvalue weighted by Crippen LogP contribution is -2.13. The molecule has 30 heavy (non-hydrogen) atoms. The normalized spacial score (nSPS) is 10.7. The van der Waals surface area contributed by atoms with Gasteiger partial charge in [-0.2, -0.15) is 15.0 Å². The molecule has 0 atom stereocenters. The number of para-hydroxylation sites is 1. The van der Waals surface area contributed by atoms with Gasteiger partial charge in [0.2, 0.25) is 17.7 Å². The first-order chi connectivity index (χ1) is 14.5. The van der Waals surface area contributed by atoms with Crippen LogP contribution >= 0.6 is 0 Å². The van der Waals surface area contributed by atoms with Crippen molar-refractivity contribution in [3.05, 3.63) is 82.0 Å². The van der Waals surface area contributed by atoms with Crippen molar-refractivity contribution in [3.63, 3.8) is 0 Å². The number of nitrogen functional groups attached to an aromatic ring is 1. The van der Waals surface area contributed by atoms with Gasteiger partial charge in [0.05, 0.1) is 5.39 Å². The summed E-state index contributed by atoms with van der Waals surface area (Å²) in [7, 11) is 0. The van der Waals surface area contributed by atoms with Crippen LogP contribution in [0.3, 0.4) is 0 Å². The highest BCUT2D eigenvalue weighted by molar-refractivity contribution is 5.88. The van der Waals surface area contributed by atoms with Gasteiger partial charge in [-0.05, 0) is 31.2 Å². The predicted octanol–water partition coefficient (Wildman–Crippen LogP) is 2.97. The van der Waals surface area contributed by atoms with Crippen molar-refractivity contribution in [2.75, 3.05) is 11.1 Å². The van der Waals surface area contributed by atoms with Crippen LogP contribution in [0.5, 0.6) is 0 Å². The van der Waals surface area contributed by atoms with E-state index in [1.165, 1.54) is 0 Å². The monoisotopic (exact) mass is 403 g/mol. The minimum Gasteiger partial charge on any atom is -0.452 e. The number of aromatic nitrogens is 3. The van der Waals surface area contributed by atoms with Crippen molar-refractivity contribution < 1.29 is 13.9 Å². The van der Waals surface area contributed by atoms with Crippen LogP contribution in [0.4, 0.5) is 17.6 Å². The molecule has 0 aliphatic rings. The van der Waals surface area contributed by atoms with Gasteiger partial charge in [-0.3, -0.25) is 4.79 Å². The number of ether oxygens (including phenoxy) is 1. The third kappa shape index (κ3) is 4.25. The van der Waals surface area contributed by atoms with Gasteiger partial charge in [0.1, 0.15) is 5.58 Å². The molecule has 9 nitrogen and oxygen atoms in total. The zero-order valence-corrected chi connectivity index (χ0v) is 16.0. The number of nitrogens with one attached hydrogen (secondary N) is 1. The molecule has 0 amide bonds. The second-order valence-electron chi connectivity index (χ2n) is 6.47.